The van der Waals surface area contributed by atoms with E-state index in [9.17, 15) is 4.79 Å². The second-order valence-electron chi connectivity index (χ2n) is 4.74. The van der Waals surface area contributed by atoms with Crippen LogP contribution in [0.15, 0.2) is 24.8 Å². The molecule has 3 aliphatic rings. The van der Waals surface area contributed by atoms with Crippen molar-refractivity contribution in [2.45, 2.75) is 20.3 Å². The molecule has 1 nitrogen and oxygen atoms in total. The van der Waals surface area contributed by atoms with Crippen LogP contribution in [0, 0.1) is 23.2 Å². The number of hydrogen-bond acceptors (Lipinski definition) is 1. The van der Waals surface area contributed by atoms with Gasteiger partial charge in [0, 0.05) is 11.3 Å². The molecule has 3 rings (SSSR count). The number of fused-ring (bicyclic) bond motifs is 2. The Balaban J connectivity index is 2.40. The topological polar surface area (TPSA) is 17.1 Å². The lowest BCUT2D eigenvalue weighted by Crippen LogP contribution is -2.47. The van der Waals surface area contributed by atoms with Crippen LogP contribution in [-0.2, 0) is 4.79 Å². The standard InChI is InChI=1S/C12H16O/c1-4-8-7-9-5-6-10(8)11(13)12(9,2)3/h4-6,8-10H,1,7H2,2-3H3/t8-,9+,10-/m1/s1. The molecule has 0 heterocycles. The quantitative estimate of drug-likeness (QED) is 0.561. The van der Waals surface area contributed by atoms with Crippen LogP contribution in [0.2, 0.25) is 0 Å². The molecule has 13 heavy (non-hydrogen) atoms. The van der Waals surface area contributed by atoms with Crippen LogP contribution >= 0.6 is 0 Å². The first-order valence-corrected chi connectivity index (χ1v) is 4.92. The van der Waals surface area contributed by atoms with Gasteiger partial charge in [-0.2, -0.15) is 0 Å². The van der Waals surface area contributed by atoms with Crippen molar-refractivity contribution in [1.82, 2.24) is 0 Å². The van der Waals surface area contributed by atoms with Crippen LogP contribution in [-0.4, -0.2) is 5.78 Å². The van der Waals surface area contributed by atoms with Gasteiger partial charge < -0.3 is 0 Å². The average molecular weight is 176 g/mol. The Bertz CT molecular complexity index is 285. The molecule has 0 unspecified atom stereocenters. The third-order valence-electron chi connectivity index (χ3n) is 3.71. The highest BCUT2D eigenvalue weighted by Gasteiger charge is 2.48. The smallest absolute Gasteiger partial charge is 0.146 e. The fourth-order valence-electron chi connectivity index (χ4n) is 2.59. The Kier molecular flexibility index (Phi) is 1.73. The molecular formula is C12H16O. The molecule has 1 heteroatoms. The maximum Gasteiger partial charge on any atom is 0.146 e. The predicted octanol–water partition coefficient (Wildman–Crippen LogP) is 2.59. The van der Waals surface area contributed by atoms with Gasteiger partial charge in [-0.15, -0.1) is 6.58 Å². The summed E-state index contributed by atoms with van der Waals surface area (Å²) in [6, 6.07) is 0. The van der Waals surface area contributed by atoms with Crippen LogP contribution in [0.3, 0.4) is 0 Å². The molecule has 1 saturated carbocycles. The molecule has 3 aliphatic carbocycles. The van der Waals surface area contributed by atoms with E-state index in [1.54, 1.807) is 0 Å². The first-order valence-electron chi connectivity index (χ1n) is 4.92. The van der Waals surface area contributed by atoms with E-state index in [1.807, 2.05) is 6.08 Å². The first kappa shape index (κ1) is 8.74. The van der Waals surface area contributed by atoms with Crippen molar-refractivity contribution in [2.24, 2.45) is 23.2 Å². The van der Waals surface area contributed by atoms with Gasteiger partial charge in [-0.05, 0) is 18.3 Å². The van der Waals surface area contributed by atoms with E-state index in [-0.39, 0.29) is 11.3 Å². The highest BCUT2D eigenvalue weighted by atomic mass is 16.1. The van der Waals surface area contributed by atoms with Gasteiger partial charge in [-0.1, -0.05) is 32.1 Å². The van der Waals surface area contributed by atoms with E-state index >= 15 is 0 Å². The Morgan fingerprint density at radius 3 is 2.77 bits per heavy atom. The lowest BCUT2D eigenvalue weighted by atomic mass is 9.56. The highest BCUT2D eigenvalue weighted by molar-refractivity contribution is 5.90. The first-order chi connectivity index (χ1) is 6.07. The van der Waals surface area contributed by atoms with Crippen LogP contribution in [0.4, 0.5) is 0 Å². The second kappa shape index (κ2) is 2.57. The summed E-state index contributed by atoms with van der Waals surface area (Å²) in [5.74, 6) is 1.32. The largest absolute Gasteiger partial charge is 0.298 e. The zero-order valence-corrected chi connectivity index (χ0v) is 8.29. The van der Waals surface area contributed by atoms with E-state index in [2.05, 4.69) is 32.6 Å². The second-order valence-corrected chi connectivity index (χ2v) is 4.74. The van der Waals surface area contributed by atoms with Crippen molar-refractivity contribution in [3.05, 3.63) is 24.8 Å². The fraction of sp³-hybridized carbons (Fsp3) is 0.583. The number of rotatable bonds is 1. The summed E-state index contributed by atoms with van der Waals surface area (Å²) >= 11 is 0. The van der Waals surface area contributed by atoms with Crippen LogP contribution in [0.25, 0.3) is 0 Å². The van der Waals surface area contributed by atoms with Gasteiger partial charge in [0.1, 0.15) is 5.78 Å². The van der Waals surface area contributed by atoms with Crippen molar-refractivity contribution in [2.75, 3.05) is 0 Å². The highest BCUT2D eigenvalue weighted by Crippen LogP contribution is 2.48. The van der Waals surface area contributed by atoms with E-state index < -0.39 is 0 Å². The summed E-state index contributed by atoms with van der Waals surface area (Å²) in [6.07, 6.45) is 7.33. The van der Waals surface area contributed by atoms with Crippen molar-refractivity contribution in [3.63, 3.8) is 0 Å². The number of hydrogen-bond donors (Lipinski definition) is 0. The van der Waals surface area contributed by atoms with Gasteiger partial charge in [0.2, 0.25) is 0 Å². The van der Waals surface area contributed by atoms with Gasteiger partial charge in [0.15, 0.2) is 0 Å². The molecule has 0 radical (unpaired) electrons. The fourth-order valence-corrected chi connectivity index (χ4v) is 2.59. The average Bonchev–Trinajstić information content (AvgIpc) is 2.13. The lowest BCUT2D eigenvalue weighted by molar-refractivity contribution is -0.137. The summed E-state index contributed by atoms with van der Waals surface area (Å²) in [5.41, 5.74) is -0.140. The molecule has 2 bridgehead atoms. The molecule has 0 aromatic carbocycles. The number of carbonyl (C=O) groups excluding carboxylic acids is 1. The minimum absolute atomic E-state index is 0.109. The maximum atomic E-state index is 12.0. The number of allylic oxidation sites excluding steroid dienone is 3. The monoisotopic (exact) mass is 176 g/mol. The minimum atomic E-state index is -0.140. The Morgan fingerprint density at radius 1 is 1.54 bits per heavy atom. The van der Waals surface area contributed by atoms with Gasteiger partial charge in [0.25, 0.3) is 0 Å². The van der Waals surface area contributed by atoms with Crippen molar-refractivity contribution in [3.8, 4) is 0 Å². The Hall–Kier alpha value is -0.850. The molecular weight excluding hydrogens is 160 g/mol. The molecule has 0 spiro atoms. The van der Waals surface area contributed by atoms with Gasteiger partial charge in [-0.3, -0.25) is 4.79 Å². The van der Waals surface area contributed by atoms with E-state index in [1.165, 1.54) is 0 Å². The molecule has 0 aromatic rings. The Morgan fingerprint density at radius 2 is 2.23 bits per heavy atom. The lowest BCUT2D eigenvalue weighted by Gasteiger charge is -2.46. The molecule has 0 N–H and O–H groups in total. The number of carbonyl (C=O) groups is 1. The third-order valence-corrected chi connectivity index (χ3v) is 3.71. The summed E-state index contributed by atoms with van der Waals surface area (Å²) in [7, 11) is 0. The minimum Gasteiger partial charge on any atom is -0.298 e. The van der Waals surface area contributed by atoms with Crippen molar-refractivity contribution >= 4 is 5.78 Å². The van der Waals surface area contributed by atoms with Crippen LogP contribution in [0.5, 0.6) is 0 Å². The van der Waals surface area contributed by atoms with Gasteiger partial charge in [0.05, 0.1) is 0 Å². The molecule has 0 aliphatic heterocycles. The van der Waals surface area contributed by atoms with E-state index in [0.717, 1.165) is 6.42 Å². The molecule has 70 valence electrons. The zero-order valence-electron chi connectivity index (χ0n) is 8.29. The van der Waals surface area contributed by atoms with E-state index in [0.29, 0.717) is 17.6 Å². The number of Topliss-reactive ketones (excluding diaryl/α,β-unsaturated/α-hetero) is 1. The molecule has 0 saturated heterocycles. The Labute approximate surface area is 79.5 Å². The summed E-state index contributed by atoms with van der Waals surface area (Å²) in [6.45, 7) is 7.93. The zero-order chi connectivity index (χ0) is 9.64. The SMILES string of the molecule is C=C[C@@H]1C[C@@H]2C=C[C@H]1C(=O)C2(C)C. The normalized spacial score (nSPS) is 40.8. The summed E-state index contributed by atoms with van der Waals surface area (Å²) < 4.78 is 0. The van der Waals surface area contributed by atoms with Gasteiger partial charge >= 0.3 is 0 Å². The molecule has 0 aromatic heterocycles. The number of ketones is 1. The van der Waals surface area contributed by atoms with E-state index in [4.69, 9.17) is 0 Å². The maximum absolute atomic E-state index is 12.0. The van der Waals surface area contributed by atoms with Crippen molar-refractivity contribution < 1.29 is 4.79 Å². The summed E-state index contributed by atoms with van der Waals surface area (Å²) in [4.78, 5) is 12.0. The third kappa shape index (κ3) is 1.03. The molecule has 3 atom stereocenters. The predicted molar refractivity (Wildman–Crippen MR) is 53.2 cm³/mol. The molecule has 0 amide bonds. The van der Waals surface area contributed by atoms with Crippen LogP contribution in [0.1, 0.15) is 20.3 Å². The van der Waals surface area contributed by atoms with Crippen molar-refractivity contribution in [1.29, 1.82) is 0 Å². The summed E-state index contributed by atoms with van der Waals surface area (Å²) in [5, 5.41) is 0. The van der Waals surface area contributed by atoms with Crippen LogP contribution < -0.4 is 0 Å². The molecule has 1 fully saturated rings. The van der Waals surface area contributed by atoms with Gasteiger partial charge in [-0.25, -0.2) is 0 Å².